The number of hydrogen-bond acceptors (Lipinski definition) is 2. The van der Waals surface area contributed by atoms with E-state index in [9.17, 15) is 9.18 Å². The zero-order chi connectivity index (χ0) is 11.5. The van der Waals surface area contributed by atoms with Crippen molar-refractivity contribution in [2.75, 3.05) is 6.61 Å². The summed E-state index contributed by atoms with van der Waals surface area (Å²) < 4.78 is 18.3. The van der Waals surface area contributed by atoms with E-state index >= 15 is 0 Å². The van der Waals surface area contributed by atoms with Gasteiger partial charge in [-0.05, 0) is 45.0 Å². The maximum Gasteiger partial charge on any atom is 0.159 e. The third kappa shape index (κ3) is 4.11. The first-order valence-corrected chi connectivity index (χ1v) is 4.81. The number of ether oxygens (including phenoxy) is 1. The van der Waals surface area contributed by atoms with Gasteiger partial charge in [0.25, 0.3) is 0 Å². The maximum atomic E-state index is 13.1. The van der Waals surface area contributed by atoms with E-state index in [1.54, 1.807) is 24.3 Å². The molecule has 0 unspecified atom stereocenters. The van der Waals surface area contributed by atoms with Gasteiger partial charge in [0.2, 0.25) is 0 Å². The van der Waals surface area contributed by atoms with E-state index in [0.29, 0.717) is 11.3 Å². The molecule has 0 N–H and O–H groups in total. The molecule has 0 heterocycles. The highest BCUT2D eigenvalue weighted by atomic mass is 19.1. The van der Waals surface area contributed by atoms with Crippen LogP contribution in [0.4, 0.5) is 4.39 Å². The topological polar surface area (TPSA) is 26.3 Å². The molecule has 82 valence electrons. The standard InChI is InChI=1S/C12H15FO2/c1-9(14)10-4-6-11(7-5-10)15-8-12(2,3)13/h4-7H,8H2,1-3H3. The molecule has 3 heteroatoms. The van der Waals surface area contributed by atoms with Crippen LogP contribution in [0.25, 0.3) is 0 Å². The van der Waals surface area contributed by atoms with Gasteiger partial charge in [-0.25, -0.2) is 4.39 Å². The van der Waals surface area contributed by atoms with Crippen LogP contribution < -0.4 is 4.74 Å². The van der Waals surface area contributed by atoms with Gasteiger partial charge in [-0.15, -0.1) is 0 Å². The second-order valence-electron chi connectivity index (χ2n) is 4.09. The molecule has 0 amide bonds. The van der Waals surface area contributed by atoms with Crippen molar-refractivity contribution in [1.82, 2.24) is 0 Å². The quantitative estimate of drug-likeness (QED) is 0.714. The molecule has 15 heavy (non-hydrogen) atoms. The smallest absolute Gasteiger partial charge is 0.159 e. The molecule has 0 spiro atoms. The van der Waals surface area contributed by atoms with Crippen molar-refractivity contribution in [1.29, 1.82) is 0 Å². The monoisotopic (exact) mass is 210 g/mol. The van der Waals surface area contributed by atoms with Crippen molar-refractivity contribution in [2.45, 2.75) is 26.4 Å². The second kappa shape index (κ2) is 4.43. The Kier molecular flexibility index (Phi) is 3.45. The Morgan fingerprint density at radius 1 is 1.33 bits per heavy atom. The molecular formula is C12H15FO2. The minimum Gasteiger partial charge on any atom is -0.490 e. The number of halogens is 1. The van der Waals surface area contributed by atoms with Crippen LogP contribution in [0.1, 0.15) is 31.1 Å². The lowest BCUT2D eigenvalue weighted by Crippen LogP contribution is -2.22. The largest absolute Gasteiger partial charge is 0.490 e. The Bertz CT molecular complexity index is 336. The summed E-state index contributed by atoms with van der Waals surface area (Å²) in [5, 5.41) is 0. The fraction of sp³-hybridized carbons (Fsp3) is 0.417. The average Bonchev–Trinajstić information content (AvgIpc) is 2.14. The van der Waals surface area contributed by atoms with Crippen LogP contribution in [0.15, 0.2) is 24.3 Å². The van der Waals surface area contributed by atoms with E-state index in [2.05, 4.69) is 0 Å². The van der Waals surface area contributed by atoms with Gasteiger partial charge in [0.1, 0.15) is 18.0 Å². The van der Waals surface area contributed by atoms with Crippen LogP contribution in [-0.2, 0) is 0 Å². The lowest BCUT2D eigenvalue weighted by Gasteiger charge is -2.15. The number of rotatable bonds is 4. The van der Waals surface area contributed by atoms with Crippen molar-refractivity contribution in [2.24, 2.45) is 0 Å². The normalized spacial score (nSPS) is 11.2. The molecule has 0 aliphatic carbocycles. The third-order valence-corrected chi connectivity index (χ3v) is 1.84. The molecule has 0 bridgehead atoms. The van der Waals surface area contributed by atoms with Crippen LogP contribution in [0.3, 0.4) is 0 Å². The van der Waals surface area contributed by atoms with Gasteiger partial charge in [0, 0.05) is 5.56 Å². The molecule has 0 aliphatic rings. The van der Waals surface area contributed by atoms with Gasteiger partial charge < -0.3 is 4.74 Å². The van der Waals surface area contributed by atoms with E-state index in [0.717, 1.165) is 0 Å². The highest BCUT2D eigenvalue weighted by Gasteiger charge is 2.16. The molecule has 0 saturated carbocycles. The molecule has 1 aromatic carbocycles. The maximum absolute atomic E-state index is 13.1. The molecular weight excluding hydrogens is 195 g/mol. The van der Waals surface area contributed by atoms with Crippen molar-refractivity contribution in [3.63, 3.8) is 0 Å². The highest BCUT2D eigenvalue weighted by Crippen LogP contribution is 2.16. The molecule has 0 fully saturated rings. The fourth-order valence-corrected chi connectivity index (χ4v) is 1.04. The molecule has 0 saturated heterocycles. The molecule has 1 rings (SSSR count). The second-order valence-corrected chi connectivity index (χ2v) is 4.09. The lowest BCUT2D eigenvalue weighted by atomic mass is 10.1. The SMILES string of the molecule is CC(=O)c1ccc(OCC(C)(C)F)cc1. The Morgan fingerprint density at radius 3 is 2.27 bits per heavy atom. The Labute approximate surface area is 89.1 Å². The van der Waals surface area contributed by atoms with E-state index in [1.807, 2.05) is 0 Å². The predicted octanol–water partition coefficient (Wildman–Crippen LogP) is 3.02. The van der Waals surface area contributed by atoms with E-state index in [1.165, 1.54) is 20.8 Å². The first-order chi connectivity index (χ1) is 6.88. The summed E-state index contributed by atoms with van der Waals surface area (Å²) in [6.45, 7) is 4.42. The Balaban J connectivity index is 2.61. The van der Waals surface area contributed by atoms with Crippen molar-refractivity contribution in [3.05, 3.63) is 29.8 Å². The van der Waals surface area contributed by atoms with Crippen LogP contribution in [0.5, 0.6) is 5.75 Å². The zero-order valence-electron chi connectivity index (χ0n) is 9.21. The molecule has 0 atom stereocenters. The van der Waals surface area contributed by atoms with E-state index in [4.69, 9.17) is 4.74 Å². The Hall–Kier alpha value is -1.38. The number of benzene rings is 1. The van der Waals surface area contributed by atoms with Crippen molar-refractivity contribution < 1.29 is 13.9 Å². The highest BCUT2D eigenvalue weighted by molar-refractivity contribution is 5.94. The number of alkyl halides is 1. The van der Waals surface area contributed by atoms with Gasteiger partial charge in [-0.2, -0.15) is 0 Å². The number of carbonyl (C=O) groups is 1. The van der Waals surface area contributed by atoms with Gasteiger partial charge >= 0.3 is 0 Å². The molecule has 0 aliphatic heterocycles. The van der Waals surface area contributed by atoms with Gasteiger partial charge in [-0.3, -0.25) is 4.79 Å². The summed E-state index contributed by atoms with van der Waals surface area (Å²) in [7, 11) is 0. The van der Waals surface area contributed by atoms with Crippen LogP contribution >= 0.6 is 0 Å². The number of hydrogen-bond donors (Lipinski definition) is 0. The van der Waals surface area contributed by atoms with Crippen LogP contribution in [0.2, 0.25) is 0 Å². The van der Waals surface area contributed by atoms with Crippen LogP contribution in [-0.4, -0.2) is 18.1 Å². The summed E-state index contributed by atoms with van der Waals surface area (Å²) in [6, 6.07) is 6.68. The molecule has 0 radical (unpaired) electrons. The van der Waals surface area contributed by atoms with Gasteiger partial charge in [0.05, 0.1) is 0 Å². The third-order valence-electron chi connectivity index (χ3n) is 1.84. The van der Waals surface area contributed by atoms with Crippen LogP contribution in [0, 0.1) is 0 Å². The number of ketones is 1. The first-order valence-electron chi connectivity index (χ1n) is 4.81. The summed E-state index contributed by atoms with van der Waals surface area (Å²) in [5.41, 5.74) is -0.721. The van der Waals surface area contributed by atoms with Crippen molar-refractivity contribution >= 4 is 5.78 Å². The van der Waals surface area contributed by atoms with Crippen molar-refractivity contribution in [3.8, 4) is 5.75 Å². The summed E-state index contributed by atoms with van der Waals surface area (Å²) in [4.78, 5) is 11.0. The van der Waals surface area contributed by atoms with Gasteiger partial charge in [-0.1, -0.05) is 0 Å². The fourth-order valence-electron chi connectivity index (χ4n) is 1.04. The van der Waals surface area contributed by atoms with E-state index < -0.39 is 5.67 Å². The molecule has 1 aromatic rings. The minimum absolute atomic E-state index is 0.00637. The Morgan fingerprint density at radius 2 is 1.87 bits per heavy atom. The number of carbonyl (C=O) groups excluding carboxylic acids is 1. The summed E-state index contributed by atoms with van der Waals surface area (Å²) in [5.74, 6) is 0.582. The zero-order valence-corrected chi connectivity index (χ0v) is 9.21. The molecule has 0 aromatic heterocycles. The van der Waals surface area contributed by atoms with Gasteiger partial charge in [0.15, 0.2) is 5.78 Å². The average molecular weight is 210 g/mol. The summed E-state index contributed by atoms with van der Waals surface area (Å²) >= 11 is 0. The lowest BCUT2D eigenvalue weighted by molar-refractivity contribution is 0.101. The first kappa shape index (κ1) is 11.7. The predicted molar refractivity (Wildman–Crippen MR) is 57.1 cm³/mol. The number of Topliss-reactive ketones (excluding diaryl/α,β-unsaturated/α-hetero) is 1. The summed E-state index contributed by atoms with van der Waals surface area (Å²) in [6.07, 6.45) is 0. The molecule has 2 nitrogen and oxygen atoms in total. The van der Waals surface area contributed by atoms with E-state index in [-0.39, 0.29) is 12.4 Å². The minimum atomic E-state index is -1.35.